The first-order chi connectivity index (χ1) is 10.2. The van der Waals surface area contributed by atoms with Crippen molar-refractivity contribution in [1.29, 1.82) is 0 Å². The molecule has 2 nitrogen and oxygen atoms in total. The van der Waals surface area contributed by atoms with Gasteiger partial charge in [0.1, 0.15) is 0 Å². The van der Waals surface area contributed by atoms with Crippen molar-refractivity contribution in [2.75, 3.05) is 11.1 Å². The number of hydrogen-bond acceptors (Lipinski definition) is 3. The summed E-state index contributed by atoms with van der Waals surface area (Å²) in [5.74, 6) is 1.06. The van der Waals surface area contributed by atoms with Gasteiger partial charge < -0.3 is 5.32 Å². The first-order valence-electron chi connectivity index (χ1n) is 7.29. The van der Waals surface area contributed by atoms with E-state index < -0.39 is 0 Å². The zero-order valence-electron chi connectivity index (χ0n) is 12.5. The van der Waals surface area contributed by atoms with Gasteiger partial charge in [0.25, 0.3) is 0 Å². The van der Waals surface area contributed by atoms with Crippen LogP contribution in [0.25, 0.3) is 0 Å². The molecule has 1 aliphatic heterocycles. The van der Waals surface area contributed by atoms with E-state index in [0.717, 1.165) is 17.3 Å². The van der Waals surface area contributed by atoms with Crippen LogP contribution in [0.5, 0.6) is 0 Å². The van der Waals surface area contributed by atoms with Crippen LogP contribution in [-0.2, 0) is 6.42 Å². The number of rotatable bonds is 3. The van der Waals surface area contributed by atoms with Gasteiger partial charge in [-0.15, -0.1) is 0 Å². The molecule has 0 aliphatic carbocycles. The molecule has 108 valence electrons. The smallest absolute Gasteiger partial charge is 0.161 e. The van der Waals surface area contributed by atoms with Crippen LogP contribution in [0.2, 0.25) is 0 Å². The number of amidine groups is 1. The molecule has 1 unspecified atom stereocenters. The minimum atomic E-state index is 0.380. The van der Waals surface area contributed by atoms with Crippen molar-refractivity contribution < 1.29 is 0 Å². The molecule has 3 heteroatoms. The van der Waals surface area contributed by atoms with Crippen molar-refractivity contribution in [3.63, 3.8) is 0 Å². The highest BCUT2D eigenvalue weighted by atomic mass is 32.2. The lowest BCUT2D eigenvalue weighted by Gasteiger charge is -2.09. The van der Waals surface area contributed by atoms with E-state index in [4.69, 9.17) is 4.99 Å². The second-order valence-corrected chi connectivity index (χ2v) is 6.54. The summed E-state index contributed by atoms with van der Waals surface area (Å²) in [6.45, 7) is 4.25. The Hall–Kier alpha value is -1.74. The molecule has 0 bridgehead atoms. The normalized spacial score (nSPS) is 17.6. The minimum absolute atomic E-state index is 0.380. The molecule has 1 N–H and O–H groups in total. The fourth-order valence-corrected chi connectivity index (χ4v) is 3.41. The molecule has 0 saturated heterocycles. The van der Waals surface area contributed by atoms with Gasteiger partial charge in [-0.25, -0.2) is 0 Å². The average Bonchev–Trinajstić information content (AvgIpc) is 2.91. The molecule has 21 heavy (non-hydrogen) atoms. The van der Waals surface area contributed by atoms with Gasteiger partial charge in [-0.1, -0.05) is 54.2 Å². The van der Waals surface area contributed by atoms with Gasteiger partial charge in [0.15, 0.2) is 5.17 Å². The van der Waals surface area contributed by atoms with E-state index >= 15 is 0 Å². The zero-order chi connectivity index (χ0) is 14.7. The maximum Gasteiger partial charge on any atom is 0.161 e. The van der Waals surface area contributed by atoms with Crippen molar-refractivity contribution in [3.8, 4) is 0 Å². The van der Waals surface area contributed by atoms with E-state index in [2.05, 4.69) is 67.7 Å². The Labute approximate surface area is 130 Å². The predicted molar refractivity (Wildman–Crippen MR) is 93.4 cm³/mol. The molecule has 1 heterocycles. The SMILES string of the molecule is Cc1ccc(C)c(NC2=NC(Cc3ccccc3)CS2)c1. The van der Waals surface area contributed by atoms with Crippen LogP contribution in [0, 0.1) is 13.8 Å². The lowest BCUT2D eigenvalue weighted by atomic mass is 10.1. The molecule has 1 atom stereocenters. The quantitative estimate of drug-likeness (QED) is 0.906. The largest absolute Gasteiger partial charge is 0.335 e. The van der Waals surface area contributed by atoms with Gasteiger partial charge in [0, 0.05) is 11.4 Å². The summed E-state index contributed by atoms with van der Waals surface area (Å²) in [5, 5.41) is 4.52. The van der Waals surface area contributed by atoms with E-state index in [1.54, 1.807) is 0 Å². The van der Waals surface area contributed by atoms with Crippen molar-refractivity contribution in [1.82, 2.24) is 0 Å². The summed E-state index contributed by atoms with van der Waals surface area (Å²) in [5.41, 5.74) is 5.06. The fourth-order valence-electron chi connectivity index (χ4n) is 2.46. The van der Waals surface area contributed by atoms with E-state index in [1.807, 2.05) is 11.8 Å². The number of aryl methyl sites for hydroxylation is 2. The van der Waals surface area contributed by atoms with Gasteiger partial charge in [-0.05, 0) is 43.0 Å². The van der Waals surface area contributed by atoms with Gasteiger partial charge in [0.05, 0.1) is 6.04 Å². The Balaban J connectivity index is 1.67. The standard InChI is InChI=1S/C18H20N2S/c1-13-8-9-14(2)17(10-13)20-18-19-16(12-21-18)11-15-6-4-3-5-7-15/h3-10,16H,11-12H2,1-2H3,(H,19,20). The summed E-state index contributed by atoms with van der Waals surface area (Å²) in [7, 11) is 0. The van der Waals surface area contributed by atoms with E-state index in [9.17, 15) is 0 Å². The number of benzene rings is 2. The first kappa shape index (κ1) is 14.2. The molecule has 0 radical (unpaired) electrons. The first-order valence-corrected chi connectivity index (χ1v) is 8.28. The summed E-state index contributed by atoms with van der Waals surface area (Å²) in [4.78, 5) is 4.82. The van der Waals surface area contributed by atoms with Crippen LogP contribution in [0.15, 0.2) is 53.5 Å². The second kappa shape index (κ2) is 6.35. The lowest BCUT2D eigenvalue weighted by molar-refractivity contribution is 0.762. The third kappa shape index (κ3) is 3.67. The van der Waals surface area contributed by atoms with E-state index in [0.29, 0.717) is 6.04 Å². The van der Waals surface area contributed by atoms with Crippen molar-refractivity contribution in [2.24, 2.45) is 4.99 Å². The number of hydrogen-bond donors (Lipinski definition) is 1. The molecule has 3 rings (SSSR count). The van der Waals surface area contributed by atoms with Gasteiger partial charge in [-0.2, -0.15) is 0 Å². The van der Waals surface area contributed by atoms with Gasteiger partial charge >= 0.3 is 0 Å². The van der Waals surface area contributed by atoms with Gasteiger partial charge in [-0.3, -0.25) is 4.99 Å². The molecular weight excluding hydrogens is 276 g/mol. The monoisotopic (exact) mass is 296 g/mol. The predicted octanol–water partition coefficient (Wildman–Crippen LogP) is 4.43. The van der Waals surface area contributed by atoms with E-state index in [1.165, 1.54) is 22.4 Å². The molecule has 0 spiro atoms. The molecule has 0 saturated carbocycles. The van der Waals surface area contributed by atoms with Crippen LogP contribution in [0.4, 0.5) is 5.69 Å². The minimum Gasteiger partial charge on any atom is -0.335 e. The van der Waals surface area contributed by atoms with Gasteiger partial charge in [0.2, 0.25) is 0 Å². The Morgan fingerprint density at radius 2 is 1.95 bits per heavy atom. The van der Waals surface area contributed by atoms with Crippen LogP contribution in [0.1, 0.15) is 16.7 Å². The number of nitrogens with zero attached hydrogens (tertiary/aromatic N) is 1. The van der Waals surface area contributed by atoms with Crippen molar-refractivity contribution in [3.05, 3.63) is 65.2 Å². The molecular formula is C18H20N2S. The van der Waals surface area contributed by atoms with Crippen LogP contribution < -0.4 is 5.32 Å². The third-order valence-electron chi connectivity index (χ3n) is 3.66. The summed E-state index contributed by atoms with van der Waals surface area (Å²) >= 11 is 1.82. The number of thioether (sulfide) groups is 1. The zero-order valence-corrected chi connectivity index (χ0v) is 13.3. The molecule has 2 aromatic rings. The molecule has 0 fully saturated rings. The maximum absolute atomic E-state index is 4.82. The maximum atomic E-state index is 4.82. The van der Waals surface area contributed by atoms with Crippen molar-refractivity contribution in [2.45, 2.75) is 26.3 Å². The highest BCUT2D eigenvalue weighted by molar-refractivity contribution is 8.14. The molecule has 2 aromatic carbocycles. The lowest BCUT2D eigenvalue weighted by Crippen LogP contribution is -2.09. The number of anilines is 1. The Morgan fingerprint density at radius 3 is 2.76 bits per heavy atom. The fraction of sp³-hybridized carbons (Fsp3) is 0.278. The van der Waals surface area contributed by atoms with Crippen LogP contribution in [-0.4, -0.2) is 17.0 Å². The van der Waals surface area contributed by atoms with E-state index in [-0.39, 0.29) is 0 Å². The topological polar surface area (TPSA) is 24.4 Å². The highest BCUT2D eigenvalue weighted by Crippen LogP contribution is 2.24. The molecule has 1 aliphatic rings. The summed E-state index contributed by atoms with van der Waals surface area (Å²) in [6.07, 6.45) is 1.02. The third-order valence-corrected chi connectivity index (χ3v) is 4.69. The highest BCUT2D eigenvalue weighted by Gasteiger charge is 2.19. The average molecular weight is 296 g/mol. The summed E-state index contributed by atoms with van der Waals surface area (Å²) < 4.78 is 0. The van der Waals surface area contributed by atoms with Crippen molar-refractivity contribution >= 4 is 22.6 Å². The Morgan fingerprint density at radius 1 is 1.14 bits per heavy atom. The number of aliphatic imine (C=N–C) groups is 1. The molecule has 0 aromatic heterocycles. The molecule has 0 amide bonds. The van der Waals surface area contributed by atoms with Crippen LogP contribution >= 0.6 is 11.8 Å². The van der Waals surface area contributed by atoms with Crippen LogP contribution in [0.3, 0.4) is 0 Å². The summed E-state index contributed by atoms with van der Waals surface area (Å²) in [6, 6.07) is 17.5. The Bertz CT molecular complexity index is 650. The number of nitrogens with one attached hydrogen (secondary N) is 1. The Kier molecular flexibility index (Phi) is 4.30. The second-order valence-electron chi connectivity index (χ2n) is 5.53.